The number of benzene rings is 3. The van der Waals surface area contributed by atoms with Crippen LogP contribution in [0.5, 0.6) is 0 Å². The lowest BCUT2D eigenvalue weighted by molar-refractivity contribution is 0.404. The number of halogens is 2. The average molecular weight is 491 g/mol. The van der Waals surface area contributed by atoms with Crippen molar-refractivity contribution in [1.82, 2.24) is 15.5 Å². The van der Waals surface area contributed by atoms with Gasteiger partial charge in [0.25, 0.3) is 5.89 Å². The predicted molar refractivity (Wildman–Crippen MR) is 136 cm³/mol. The lowest BCUT2D eigenvalue weighted by Crippen LogP contribution is -2.46. The van der Waals surface area contributed by atoms with E-state index >= 15 is 0 Å². The molecule has 0 fully saturated rings. The molecule has 1 atom stereocenters. The third kappa shape index (κ3) is 4.08. The first-order valence-electron chi connectivity index (χ1n) is 10.6. The van der Waals surface area contributed by atoms with Gasteiger partial charge in [0.1, 0.15) is 5.82 Å². The first-order valence-corrected chi connectivity index (χ1v) is 11.4. The van der Waals surface area contributed by atoms with Crippen LogP contribution in [0, 0.1) is 12.7 Å². The van der Waals surface area contributed by atoms with Gasteiger partial charge in [-0.3, -0.25) is 4.90 Å². The first-order chi connectivity index (χ1) is 16.4. The molecule has 2 heterocycles. The molecule has 0 saturated carbocycles. The molecule has 1 N–H and O–H groups in total. The van der Waals surface area contributed by atoms with Crippen molar-refractivity contribution in [3.8, 4) is 11.4 Å². The van der Waals surface area contributed by atoms with Crippen LogP contribution in [0.4, 0.5) is 10.1 Å². The molecule has 0 aliphatic carbocycles. The van der Waals surface area contributed by atoms with Gasteiger partial charge in [0.2, 0.25) is 5.82 Å². The number of nitrogens with zero attached hydrogens (tertiary/aromatic N) is 3. The molecule has 8 heteroatoms. The Bertz CT molecular complexity index is 1400. The van der Waals surface area contributed by atoms with Crippen LogP contribution >= 0.6 is 23.8 Å². The predicted octanol–water partition coefficient (Wildman–Crippen LogP) is 6.70. The minimum Gasteiger partial charge on any atom is -0.351 e. The summed E-state index contributed by atoms with van der Waals surface area (Å²) in [6.45, 7) is 3.64. The second-order valence-corrected chi connectivity index (χ2v) is 8.81. The van der Waals surface area contributed by atoms with E-state index in [0.717, 1.165) is 22.4 Å². The van der Waals surface area contributed by atoms with E-state index in [1.165, 1.54) is 6.07 Å². The van der Waals surface area contributed by atoms with Crippen LogP contribution in [0.15, 0.2) is 83.0 Å². The second kappa shape index (κ2) is 9.00. The maximum atomic E-state index is 14.4. The number of thiocarbonyl (C=S) groups is 1. The third-order valence-electron chi connectivity index (χ3n) is 5.79. The van der Waals surface area contributed by atoms with Gasteiger partial charge in [-0.15, -0.1) is 0 Å². The molecule has 0 radical (unpaired) electrons. The fraction of sp³-hybridized carbons (Fsp3) is 0.115. The highest BCUT2D eigenvalue weighted by molar-refractivity contribution is 7.80. The van der Waals surface area contributed by atoms with Gasteiger partial charge in [-0.05, 0) is 73.6 Å². The van der Waals surface area contributed by atoms with Gasteiger partial charge in [-0.2, -0.15) is 4.98 Å². The molecule has 1 aromatic heterocycles. The Kier molecular flexibility index (Phi) is 5.89. The molecule has 0 amide bonds. The minimum atomic E-state index is -0.321. The zero-order chi connectivity index (χ0) is 23.8. The van der Waals surface area contributed by atoms with E-state index in [9.17, 15) is 4.39 Å². The maximum Gasteiger partial charge on any atom is 0.258 e. The van der Waals surface area contributed by atoms with Crippen LogP contribution in [0.25, 0.3) is 17.0 Å². The van der Waals surface area contributed by atoms with E-state index in [1.54, 1.807) is 30.0 Å². The lowest BCUT2D eigenvalue weighted by atomic mass is 9.94. The number of nitrogens with one attached hydrogen (secondary N) is 1. The number of allylic oxidation sites excluding steroid dienone is 1. The Morgan fingerprint density at radius 3 is 2.47 bits per heavy atom. The van der Waals surface area contributed by atoms with E-state index in [0.29, 0.717) is 33.1 Å². The monoisotopic (exact) mass is 490 g/mol. The van der Waals surface area contributed by atoms with Crippen LogP contribution in [0.1, 0.15) is 30.0 Å². The molecular formula is C26H20ClFN4OS. The Labute approximate surface area is 206 Å². The first kappa shape index (κ1) is 22.3. The topological polar surface area (TPSA) is 54.2 Å². The fourth-order valence-corrected chi connectivity index (χ4v) is 4.48. The Balaban J connectivity index is 1.65. The van der Waals surface area contributed by atoms with Gasteiger partial charge >= 0.3 is 0 Å². The largest absolute Gasteiger partial charge is 0.351 e. The molecular weight excluding hydrogens is 471 g/mol. The lowest BCUT2D eigenvalue weighted by Gasteiger charge is -2.37. The van der Waals surface area contributed by atoms with E-state index in [2.05, 4.69) is 15.5 Å². The summed E-state index contributed by atoms with van der Waals surface area (Å²) in [7, 11) is 0. The van der Waals surface area contributed by atoms with Crippen LogP contribution in [0.3, 0.4) is 0 Å². The fourth-order valence-electron chi connectivity index (χ4n) is 4.00. The maximum absolute atomic E-state index is 14.4. The van der Waals surface area contributed by atoms with E-state index in [4.69, 9.17) is 28.3 Å². The summed E-state index contributed by atoms with van der Waals surface area (Å²) in [6.07, 6.45) is 0. The van der Waals surface area contributed by atoms with Crippen molar-refractivity contribution in [2.24, 2.45) is 0 Å². The number of aromatic nitrogens is 2. The summed E-state index contributed by atoms with van der Waals surface area (Å²) in [4.78, 5) is 6.47. The van der Waals surface area contributed by atoms with E-state index in [-0.39, 0.29) is 11.9 Å². The second-order valence-electron chi connectivity index (χ2n) is 7.99. The minimum absolute atomic E-state index is 0.303. The van der Waals surface area contributed by atoms with E-state index in [1.807, 2.05) is 55.5 Å². The third-order valence-corrected chi connectivity index (χ3v) is 6.34. The van der Waals surface area contributed by atoms with E-state index < -0.39 is 0 Å². The summed E-state index contributed by atoms with van der Waals surface area (Å²) in [5.74, 6) is 0.492. The molecule has 170 valence electrons. The Morgan fingerprint density at radius 1 is 1.03 bits per heavy atom. The Hall–Kier alpha value is -3.55. The van der Waals surface area contributed by atoms with Gasteiger partial charge in [-0.25, -0.2) is 4.39 Å². The van der Waals surface area contributed by atoms with Gasteiger partial charge in [0.15, 0.2) is 5.11 Å². The van der Waals surface area contributed by atoms with Crippen LogP contribution in [0.2, 0.25) is 5.02 Å². The van der Waals surface area contributed by atoms with Crippen molar-refractivity contribution in [2.45, 2.75) is 19.9 Å². The summed E-state index contributed by atoms with van der Waals surface area (Å²) >= 11 is 11.7. The van der Waals surface area contributed by atoms with Crippen LogP contribution in [-0.2, 0) is 0 Å². The molecule has 5 rings (SSSR count). The molecule has 1 unspecified atom stereocenters. The van der Waals surface area contributed by atoms with Crippen molar-refractivity contribution >= 4 is 40.2 Å². The normalized spacial score (nSPS) is 16.1. The smallest absolute Gasteiger partial charge is 0.258 e. The van der Waals surface area contributed by atoms with Crippen LogP contribution < -0.4 is 10.2 Å². The quantitative estimate of drug-likeness (QED) is 0.321. The average Bonchev–Trinajstić information content (AvgIpc) is 3.31. The van der Waals surface area contributed by atoms with Crippen molar-refractivity contribution in [3.05, 3.63) is 106 Å². The number of anilines is 1. The zero-order valence-electron chi connectivity index (χ0n) is 18.4. The number of hydrogen-bond acceptors (Lipinski definition) is 4. The number of hydrogen-bond donors (Lipinski definition) is 1. The summed E-state index contributed by atoms with van der Waals surface area (Å²) in [5.41, 5.74) is 4.47. The standard InChI is InChI=1S/C26H20ClFN4OS/c1-15-8-13-20(14-21(15)28)32-16(2)22(23(29-26(32)34)17-6-4-3-5-7-17)25-30-24(31-33-25)18-9-11-19(27)12-10-18/h3-14,23H,1-2H3,(H,29,34). The van der Waals surface area contributed by atoms with Gasteiger partial charge in [-0.1, -0.05) is 53.2 Å². The van der Waals surface area contributed by atoms with Gasteiger partial charge in [0.05, 0.1) is 17.3 Å². The highest BCUT2D eigenvalue weighted by Crippen LogP contribution is 2.39. The molecule has 5 nitrogen and oxygen atoms in total. The Morgan fingerprint density at radius 2 is 1.76 bits per heavy atom. The molecule has 3 aromatic carbocycles. The van der Waals surface area contributed by atoms with Crippen molar-refractivity contribution < 1.29 is 8.91 Å². The SMILES string of the molecule is CC1=C(c2nc(-c3ccc(Cl)cc3)no2)C(c2ccccc2)NC(=S)N1c1ccc(C)c(F)c1. The number of aryl methyl sites for hydroxylation is 1. The van der Waals surface area contributed by atoms with Gasteiger partial charge < -0.3 is 9.84 Å². The highest BCUT2D eigenvalue weighted by Gasteiger charge is 2.34. The summed E-state index contributed by atoms with van der Waals surface area (Å²) < 4.78 is 20.2. The molecule has 0 spiro atoms. The van der Waals surface area contributed by atoms with Crippen LogP contribution in [-0.4, -0.2) is 15.3 Å². The highest BCUT2D eigenvalue weighted by atomic mass is 35.5. The molecule has 1 aliphatic rings. The zero-order valence-corrected chi connectivity index (χ0v) is 20.0. The molecule has 4 aromatic rings. The van der Waals surface area contributed by atoms with Crippen molar-refractivity contribution in [2.75, 3.05) is 4.90 Å². The molecule has 0 bridgehead atoms. The summed E-state index contributed by atoms with van der Waals surface area (Å²) in [6, 6.07) is 21.8. The number of rotatable bonds is 4. The van der Waals surface area contributed by atoms with Crippen molar-refractivity contribution in [3.63, 3.8) is 0 Å². The molecule has 0 saturated heterocycles. The molecule has 34 heavy (non-hydrogen) atoms. The summed E-state index contributed by atoms with van der Waals surface area (Å²) in [5, 5.41) is 8.66. The van der Waals surface area contributed by atoms with Gasteiger partial charge in [0, 0.05) is 16.3 Å². The molecule has 1 aliphatic heterocycles. The van der Waals surface area contributed by atoms with Crippen molar-refractivity contribution in [1.29, 1.82) is 0 Å².